The number of fused-ring (bicyclic) bond motifs is 1. The Morgan fingerprint density at radius 3 is 2.61 bits per heavy atom. The van der Waals surface area contributed by atoms with Crippen molar-refractivity contribution in [2.24, 2.45) is 5.92 Å². The van der Waals surface area contributed by atoms with Gasteiger partial charge in [-0.1, -0.05) is 17.7 Å². The Kier molecular flexibility index (Phi) is 6.15. The highest BCUT2D eigenvalue weighted by molar-refractivity contribution is 7.89. The van der Waals surface area contributed by atoms with Crippen molar-refractivity contribution < 1.29 is 22.4 Å². The lowest BCUT2D eigenvalue weighted by Gasteiger charge is -2.37. The predicted octanol–water partition coefficient (Wildman–Crippen LogP) is 3.30. The van der Waals surface area contributed by atoms with Crippen molar-refractivity contribution in [2.45, 2.75) is 17.7 Å². The number of carbonyl (C=O) groups is 1. The average molecular weight is 534 g/mol. The summed E-state index contributed by atoms with van der Waals surface area (Å²) in [4.78, 5) is 21.3. The van der Waals surface area contributed by atoms with Gasteiger partial charge < -0.3 is 19.0 Å². The number of allylic oxidation sites excluding steroid dienone is 4. The van der Waals surface area contributed by atoms with Crippen molar-refractivity contribution in [3.05, 3.63) is 89.8 Å². The first-order chi connectivity index (χ1) is 18.4. The van der Waals surface area contributed by atoms with Crippen LogP contribution in [-0.2, 0) is 14.8 Å². The molecule has 0 N–H and O–H groups in total. The summed E-state index contributed by atoms with van der Waals surface area (Å²) >= 11 is 0. The Labute approximate surface area is 220 Å². The number of hydrogen-bond donors (Lipinski definition) is 0. The smallest absolute Gasteiger partial charge is 0.284 e. The highest BCUT2D eigenvalue weighted by Crippen LogP contribution is 2.41. The number of nitrogens with zero attached hydrogens (tertiary/aromatic N) is 5. The van der Waals surface area contributed by atoms with E-state index in [4.69, 9.17) is 9.15 Å². The number of amides is 1. The van der Waals surface area contributed by atoms with E-state index in [1.54, 1.807) is 24.1 Å². The third-order valence-corrected chi connectivity index (χ3v) is 8.66. The molecule has 1 unspecified atom stereocenters. The molecule has 1 saturated carbocycles. The van der Waals surface area contributed by atoms with Gasteiger partial charge in [-0.05, 0) is 48.9 Å². The first-order valence-electron chi connectivity index (χ1n) is 12.4. The van der Waals surface area contributed by atoms with Crippen LogP contribution in [0, 0.1) is 5.92 Å². The van der Waals surface area contributed by atoms with Gasteiger partial charge in [-0.25, -0.2) is 4.98 Å². The Bertz CT molecular complexity index is 1540. The van der Waals surface area contributed by atoms with E-state index in [0.29, 0.717) is 43.4 Å². The second kappa shape index (κ2) is 9.64. The van der Waals surface area contributed by atoms with Gasteiger partial charge in [0.1, 0.15) is 12.1 Å². The molecule has 11 heteroatoms. The standard InChI is InChI=1S/C27H27N5O5S/c1-36-24-11-7-21-17-20(21)6-10-23(24)30-12-14-31(15-13-30)27(33)19-4-8-22(9-5-19)38(34,35)32-18-28-26(29-32)25-3-2-16-37-25/h2-9,11,16,18,21H,10,12-15,17H2,1H3/b11-7-,20-6?,24-23-. The van der Waals surface area contributed by atoms with Crippen LogP contribution < -0.4 is 0 Å². The van der Waals surface area contributed by atoms with Gasteiger partial charge in [0.05, 0.1) is 24.0 Å². The molecular weight excluding hydrogens is 506 g/mol. The zero-order chi connectivity index (χ0) is 26.3. The first kappa shape index (κ1) is 24.2. The number of aromatic nitrogens is 3. The summed E-state index contributed by atoms with van der Waals surface area (Å²) in [5, 5.41) is 4.03. The number of benzene rings is 1. The van der Waals surface area contributed by atoms with Gasteiger partial charge in [0.15, 0.2) is 5.76 Å². The van der Waals surface area contributed by atoms with Crippen molar-refractivity contribution >= 4 is 15.9 Å². The van der Waals surface area contributed by atoms with Gasteiger partial charge in [0, 0.05) is 44.1 Å². The molecule has 1 aromatic carbocycles. The van der Waals surface area contributed by atoms with E-state index in [2.05, 4.69) is 33.2 Å². The number of piperazine rings is 1. The Balaban J connectivity index is 1.12. The summed E-state index contributed by atoms with van der Waals surface area (Å²) in [7, 11) is -2.27. The normalized spacial score (nSPS) is 22.2. The molecule has 1 aliphatic heterocycles. The molecular formula is C27H27N5O5S. The van der Waals surface area contributed by atoms with Crippen molar-refractivity contribution in [2.75, 3.05) is 33.3 Å². The molecule has 1 atom stereocenters. The molecule has 10 nitrogen and oxygen atoms in total. The zero-order valence-electron chi connectivity index (χ0n) is 20.9. The molecule has 2 fully saturated rings. The molecule has 3 aliphatic rings. The largest absolute Gasteiger partial charge is 0.495 e. The van der Waals surface area contributed by atoms with Crippen LogP contribution in [-0.4, -0.2) is 71.6 Å². The maximum atomic E-state index is 13.2. The second-order valence-electron chi connectivity index (χ2n) is 9.39. The molecule has 6 rings (SSSR count). The van der Waals surface area contributed by atoms with E-state index in [1.165, 1.54) is 36.1 Å². The molecule has 3 heterocycles. The number of carbonyl (C=O) groups excluding carboxylic acids is 1. The number of hydrogen-bond acceptors (Lipinski definition) is 8. The minimum Gasteiger partial charge on any atom is -0.495 e. The number of furan rings is 1. The van der Waals surface area contributed by atoms with Crippen LogP contribution in [0.1, 0.15) is 23.2 Å². The second-order valence-corrected chi connectivity index (χ2v) is 11.2. The van der Waals surface area contributed by atoms with Crippen LogP contribution in [0.15, 0.2) is 93.6 Å². The van der Waals surface area contributed by atoms with Crippen LogP contribution in [0.5, 0.6) is 0 Å². The van der Waals surface area contributed by atoms with Crippen LogP contribution in [0.4, 0.5) is 0 Å². The lowest BCUT2D eigenvalue weighted by molar-refractivity contribution is 0.0663. The molecule has 2 aromatic heterocycles. The van der Waals surface area contributed by atoms with Gasteiger partial charge in [0.25, 0.3) is 15.9 Å². The molecule has 1 saturated heterocycles. The Hall–Kier alpha value is -4.12. The van der Waals surface area contributed by atoms with Crippen LogP contribution in [0.2, 0.25) is 0 Å². The van der Waals surface area contributed by atoms with Crippen molar-refractivity contribution in [1.82, 2.24) is 24.0 Å². The fourth-order valence-electron chi connectivity index (χ4n) is 4.84. The minimum absolute atomic E-state index is 0.0122. The van der Waals surface area contributed by atoms with E-state index < -0.39 is 10.0 Å². The monoisotopic (exact) mass is 533 g/mol. The van der Waals surface area contributed by atoms with E-state index in [-0.39, 0.29) is 16.6 Å². The summed E-state index contributed by atoms with van der Waals surface area (Å²) in [5.74, 6) is 1.85. The lowest BCUT2D eigenvalue weighted by atomic mass is 10.1. The summed E-state index contributed by atoms with van der Waals surface area (Å²) < 4.78 is 37.7. The van der Waals surface area contributed by atoms with E-state index in [0.717, 1.165) is 34.7 Å². The maximum Gasteiger partial charge on any atom is 0.284 e. The number of ether oxygens (including phenoxy) is 1. The number of rotatable bonds is 6. The highest BCUT2D eigenvalue weighted by atomic mass is 32.2. The summed E-state index contributed by atoms with van der Waals surface area (Å²) in [5.41, 5.74) is 3.06. The van der Waals surface area contributed by atoms with Crippen molar-refractivity contribution in [1.29, 1.82) is 0 Å². The van der Waals surface area contributed by atoms with Gasteiger partial charge in [-0.2, -0.15) is 8.42 Å². The predicted molar refractivity (Wildman–Crippen MR) is 138 cm³/mol. The summed E-state index contributed by atoms with van der Waals surface area (Å²) in [6, 6.07) is 9.23. The summed E-state index contributed by atoms with van der Waals surface area (Å²) in [6.45, 7) is 2.53. The van der Waals surface area contributed by atoms with E-state index >= 15 is 0 Å². The molecule has 2 aliphatic carbocycles. The zero-order valence-corrected chi connectivity index (χ0v) is 21.7. The lowest BCUT2D eigenvalue weighted by Crippen LogP contribution is -2.48. The van der Waals surface area contributed by atoms with Gasteiger partial charge in [0.2, 0.25) is 5.82 Å². The highest BCUT2D eigenvalue weighted by Gasteiger charge is 2.30. The van der Waals surface area contributed by atoms with Crippen molar-refractivity contribution in [3.8, 4) is 11.6 Å². The third-order valence-electron chi connectivity index (χ3n) is 7.12. The molecule has 1 amide bonds. The first-order valence-corrected chi connectivity index (χ1v) is 13.9. The molecule has 38 heavy (non-hydrogen) atoms. The minimum atomic E-state index is -3.97. The molecule has 3 aromatic rings. The van der Waals surface area contributed by atoms with E-state index in [1.807, 2.05) is 0 Å². The topological polar surface area (TPSA) is 111 Å². The summed E-state index contributed by atoms with van der Waals surface area (Å²) in [6.07, 6.45) is 11.1. The Morgan fingerprint density at radius 1 is 1.11 bits per heavy atom. The van der Waals surface area contributed by atoms with Gasteiger partial charge in [-0.3, -0.25) is 4.79 Å². The van der Waals surface area contributed by atoms with Crippen LogP contribution >= 0.6 is 0 Å². The fraction of sp³-hybridized carbons (Fsp3) is 0.296. The molecule has 0 bridgehead atoms. The van der Waals surface area contributed by atoms with Gasteiger partial charge in [-0.15, -0.1) is 9.19 Å². The molecule has 0 spiro atoms. The number of methoxy groups -OCH3 is 1. The van der Waals surface area contributed by atoms with E-state index in [9.17, 15) is 13.2 Å². The maximum absolute atomic E-state index is 13.2. The molecule has 0 radical (unpaired) electrons. The van der Waals surface area contributed by atoms with Crippen LogP contribution in [0.3, 0.4) is 0 Å². The quantitative estimate of drug-likeness (QED) is 0.444. The van der Waals surface area contributed by atoms with Gasteiger partial charge >= 0.3 is 0 Å². The average Bonchev–Trinajstić information content (AvgIpc) is 3.31. The van der Waals surface area contributed by atoms with Crippen molar-refractivity contribution in [3.63, 3.8) is 0 Å². The Morgan fingerprint density at radius 2 is 1.89 bits per heavy atom. The molecule has 196 valence electrons. The van der Waals surface area contributed by atoms with Crippen LogP contribution in [0.25, 0.3) is 11.6 Å². The SMILES string of the molecule is COC1=C(\N2CCN(C(=O)c3ccc(S(=O)(=O)n4cnc(-c5ccco5)n4)cc3)CC2)CC=C2CC2/C=C\1. The third kappa shape index (κ3) is 4.53. The fourth-order valence-corrected chi connectivity index (χ4v) is 5.90.